The van der Waals surface area contributed by atoms with Gasteiger partial charge in [0.05, 0.1) is 5.54 Å². The van der Waals surface area contributed by atoms with E-state index < -0.39 is 0 Å². The lowest BCUT2D eigenvalue weighted by Crippen LogP contribution is -2.40. The van der Waals surface area contributed by atoms with Gasteiger partial charge in [0, 0.05) is 29.6 Å². The zero-order valence-corrected chi connectivity index (χ0v) is 12.8. The van der Waals surface area contributed by atoms with E-state index in [0.717, 1.165) is 16.8 Å². The average molecular weight is 320 g/mol. The Balaban J connectivity index is 2.03. The van der Waals surface area contributed by atoms with Crippen molar-refractivity contribution in [3.05, 3.63) is 59.5 Å². The van der Waals surface area contributed by atoms with Crippen molar-refractivity contribution in [2.24, 2.45) is 0 Å². The summed E-state index contributed by atoms with van der Waals surface area (Å²) in [6.45, 7) is 5.31. The van der Waals surface area contributed by atoms with Crippen LogP contribution < -0.4 is 5.32 Å². The molecular weight excluding hydrogens is 302 g/mol. The molecule has 19 heavy (non-hydrogen) atoms. The van der Waals surface area contributed by atoms with Crippen LogP contribution in [0.5, 0.6) is 0 Å². The normalized spacial score (nSPS) is 22.2. The zero-order chi connectivity index (χ0) is 13.7. The van der Waals surface area contributed by atoms with Crippen LogP contribution in [0.15, 0.2) is 59.5 Å². The maximum Gasteiger partial charge on any atom is 0.129 e. The van der Waals surface area contributed by atoms with E-state index in [1.165, 1.54) is 0 Å². The highest BCUT2D eigenvalue weighted by molar-refractivity contribution is 9.10. The highest BCUT2D eigenvalue weighted by atomic mass is 79.9. The van der Waals surface area contributed by atoms with Crippen molar-refractivity contribution in [1.29, 1.82) is 0 Å². The Bertz CT molecular complexity index is 505. The van der Waals surface area contributed by atoms with Gasteiger partial charge >= 0.3 is 0 Å². The maximum atomic E-state index is 4.27. The van der Waals surface area contributed by atoms with Gasteiger partial charge in [-0.25, -0.2) is 4.98 Å². The van der Waals surface area contributed by atoms with Crippen LogP contribution in [0.1, 0.15) is 13.8 Å². The molecule has 0 fully saturated rings. The quantitative estimate of drug-likeness (QED) is 0.911. The summed E-state index contributed by atoms with van der Waals surface area (Å²) in [5.41, 5.74) is -0.0914. The Morgan fingerprint density at radius 1 is 1.42 bits per heavy atom. The molecule has 0 saturated carbocycles. The first kappa shape index (κ1) is 13.9. The second-order valence-corrected chi connectivity index (χ2v) is 5.47. The minimum absolute atomic E-state index is 0.0914. The monoisotopic (exact) mass is 319 g/mol. The number of rotatable bonds is 4. The summed E-state index contributed by atoms with van der Waals surface area (Å²) >= 11 is 3.37. The van der Waals surface area contributed by atoms with E-state index in [4.69, 9.17) is 0 Å². The van der Waals surface area contributed by atoms with E-state index in [2.05, 4.69) is 75.5 Å². The first-order valence-corrected chi connectivity index (χ1v) is 7.12. The Kier molecular flexibility index (Phi) is 4.43. The van der Waals surface area contributed by atoms with Crippen LogP contribution in [0.3, 0.4) is 0 Å². The fourth-order valence-electron chi connectivity index (χ4n) is 2.01. The van der Waals surface area contributed by atoms with Gasteiger partial charge in [0.15, 0.2) is 0 Å². The van der Waals surface area contributed by atoms with Crippen LogP contribution in [0, 0.1) is 0 Å². The number of hydrogen-bond acceptors (Lipinski definition) is 3. The van der Waals surface area contributed by atoms with Crippen LogP contribution in [-0.4, -0.2) is 22.0 Å². The number of nitrogens with zero attached hydrogens (tertiary/aromatic N) is 2. The molecule has 1 aromatic heterocycles. The average Bonchev–Trinajstić information content (AvgIpc) is 2.41. The number of likely N-dealkylation sites (N-methyl/N-ethyl adjacent to an activating group) is 1. The summed E-state index contributed by atoms with van der Waals surface area (Å²) in [5, 5.41) is 3.19. The summed E-state index contributed by atoms with van der Waals surface area (Å²) in [6, 6.07) is 3.90. The highest BCUT2D eigenvalue weighted by Crippen LogP contribution is 2.22. The van der Waals surface area contributed by atoms with E-state index in [1.54, 1.807) is 6.20 Å². The number of hydrogen-bond donors (Lipinski definition) is 1. The van der Waals surface area contributed by atoms with Gasteiger partial charge in [-0.15, -0.1) is 0 Å². The molecule has 1 aliphatic heterocycles. The maximum absolute atomic E-state index is 4.27. The molecule has 0 bridgehead atoms. The molecule has 100 valence electrons. The molecule has 0 amide bonds. The summed E-state index contributed by atoms with van der Waals surface area (Å²) in [6.07, 6.45) is 14.3. The summed E-state index contributed by atoms with van der Waals surface area (Å²) in [5.74, 6) is 0.835. The van der Waals surface area contributed by atoms with Gasteiger partial charge in [-0.3, -0.25) is 0 Å². The lowest BCUT2D eigenvalue weighted by atomic mass is 9.97. The summed E-state index contributed by atoms with van der Waals surface area (Å²) < 4.78 is 0.978. The van der Waals surface area contributed by atoms with E-state index in [-0.39, 0.29) is 5.54 Å². The molecule has 1 N–H and O–H groups in total. The molecule has 4 heteroatoms. The Labute approximate surface area is 122 Å². The molecule has 1 aliphatic rings. The number of nitrogens with one attached hydrogen (secondary N) is 1. The topological polar surface area (TPSA) is 28.2 Å². The summed E-state index contributed by atoms with van der Waals surface area (Å²) in [7, 11) is 0. The molecule has 1 atom stereocenters. The predicted molar refractivity (Wildman–Crippen MR) is 83.8 cm³/mol. The van der Waals surface area contributed by atoms with Crippen molar-refractivity contribution in [2.45, 2.75) is 19.4 Å². The Hall–Kier alpha value is -1.55. The number of anilines is 1. The van der Waals surface area contributed by atoms with Gasteiger partial charge in [0.2, 0.25) is 0 Å². The lowest BCUT2D eigenvalue weighted by Gasteiger charge is -2.37. The first-order valence-electron chi connectivity index (χ1n) is 6.32. The Morgan fingerprint density at radius 3 is 2.95 bits per heavy atom. The summed E-state index contributed by atoms with van der Waals surface area (Å²) in [4.78, 5) is 6.55. The van der Waals surface area contributed by atoms with E-state index >= 15 is 0 Å². The highest BCUT2D eigenvalue weighted by Gasteiger charge is 2.23. The second-order valence-electron chi connectivity index (χ2n) is 4.55. The standard InChI is InChI=1S/C15H18BrN3/c1-3-19-11-5-4-8-15(19,2)9-10-17-14-7-6-13(16)12-18-14/h4-12H,3H2,1-2H3,(H,17,18). The predicted octanol–water partition coefficient (Wildman–Crippen LogP) is 3.93. The fraction of sp³-hybridized carbons (Fsp3) is 0.267. The molecule has 1 unspecified atom stereocenters. The van der Waals surface area contributed by atoms with Gasteiger partial charge in [-0.05, 0) is 54.1 Å². The third-order valence-electron chi connectivity index (χ3n) is 3.15. The van der Waals surface area contributed by atoms with Crippen molar-refractivity contribution >= 4 is 21.7 Å². The van der Waals surface area contributed by atoms with Gasteiger partial charge in [-0.1, -0.05) is 12.2 Å². The van der Waals surface area contributed by atoms with E-state index in [0.29, 0.717) is 0 Å². The van der Waals surface area contributed by atoms with Crippen LogP contribution in [-0.2, 0) is 0 Å². The second kappa shape index (κ2) is 6.06. The van der Waals surface area contributed by atoms with Crippen molar-refractivity contribution < 1.29 is 0 Å². The largest absolute Gasteiger partial charge is 0.365 e. The van der Waals surface area contributed by atoms with Crippen LogP contribution in [0.2, 0.25) is 0 Å². The van der Waals surface area contributed by atoms with Crippen LogP contribution >= 0.6 is 15.9 Å². The lowest BCUT2D eigenvalue weighted by molar-refractivity contribution is 0.276. The molecule has 2 rings (SSSR count). The first-order chi connectivity index (χ1) is 9.14. The van der Waals surface area contributed by atoms with Crippen LogP contribution in [0.25, 0.3) is 0 Å². The number of halogens is 1. The van der Waals surface area contributed by atoms with E-state index in [9.17, 15) is 0 Å². The van der Waals surface area contributed by atoms with Crippen molar-refractivity contribution in [3.8, 4) is 0 Å². The number of aromatic nitrogens is 1. The zero-order valence-electron chi connectivity index (χ0n) is 11.2. The van der Waals surface area contributed by atoms with Crippen molar-refractivity contribution in [2.75, 3.05) is 11.9 Å². The third-order valence-corrected chi connectivity index (χ3v) is 3.62. The van der Waals surface area contributed by atoms with Gasteiger partial charge in [-0.2, -0.15) is 0 Å². The minimum Gasteiger partial charge on any atom is -0.365 e. The SMILES string of the molecule is CCN1C=CC=CC1(C)C=CNc1ccc(Br)cn1. The van der Waals surface area contributed by atoms with E-state index in [1.807, 2.05) is 18.3 Å². The molecule has 2 heterocycles. The molecule has 0 spiro atoms. The molecule has 3 nitrogen and oxygen atoms in total. The molecular formula is C15H18BrN3. The van der Waals surface area contributed by atoms with Gasteiger partial charge in [0.25, 0.3) is 0 Å². The van der Waals surface area contributed by atoms with Crippen LogP contribution in [0.4, 0.5) is 5.82 Å². The van der Waals surface area contributed by atoms with Crippen molar-refractivity contribution in [3.63, 3.8) is 0 Å². The number of allylic oxidation sites excluding steroid dienone is 2. The minimum atomic E-state index is -0.0914. The van der Waals surface area contributed by atoms with Gasteiger partial charge < -0.3 is 10.2 Å². The molecule has 0 radical (unpaired) electrons. The molecule has 0 aliphatic carbocycles. The molecule has 0 saturated heterocycles. The van der Waals surface area contributed by atoms with Crippen molar-refractivity contribution in [1.82, 2.24) is 9.88 Å². The van der Waals surface area contributed by atoms with Gasteiger partial charge in [0.1, 0.15) is 5.82 Å². The molecule has 1 aromatic rings. The molecule has 0 aromatic carbocycles. The number of pyridine rings is 1. The smallest absolute Gasteiger partial charge is 0.129 e. The third kappa shape index (κ3) is 3.47. The Morgan fingerprint density at radius 2 is 2.26 bits per heavy atom. The fourth-order valence-corrected chi connectivity index (χ4v) is 2.25.